The molecule has 0 atom stereocenters. The van der Waals surface area contributed by atoms with Crippen molar-refractivity contribution in [3.05, 3.63) is 191 Å². The zero-order valence-electron chi connectivity index (χ0n) is 22.7. The highest BCUT2D eigenvalue weighted by Crippen LogP contribution is 2.40. The maximum absolute atomic E-state index is 14.5. The molecule has 0 unspecified atom stereocenters. The number of hydrogen-bond acceptors (Lipinski definition) is 3. The summed E-state index contributed by atoms with van der Waals surface area (Å²) in [6, 6.07) is 47.7. The molecule has 6 rings (SSSR count). The molecule has 0 amide bonds. The van der Waals surface area contributed by atoms with Gasteiger partial charge in [-0.3, -0.25) is 14.4 Å². The summed E-state index contributed by atoms with van der Waals surface area (Å²) in [4.78, 5) is 42.7. The lowest BCUT2D eigenvalue weighted by atomic mass is 9.80. The fraction of sp³-hybridized carbons (Fsp3) is 0. The molecule has 0 radical (unpaired) electrons. The highest BCUT2D eigenvalue weighted by Gasteiger charge is 2.29. The van der Waals surface area contributed by atoms with Gasteiger partial charge in [0.25, 0.3) is 0 Å². The SMILES string of the molecule is O=C(c1ccccc1)c1ccc(C(=O)c2ccccc2)c(-c2ccccc2-c2ccccc2)c1C(=O)c1ccccc1. The van der Waals surface area contributed by atoms with Gasteiger partial charge in [0.05, 0.1) is 0 Å². The van der Waals surface area contributed by atoms with E-state index in [0.717, 1.165) is 11.1 Å². The van der Waals surface area contributed by atoms with E-state index in [9.17, 15) is 14.4 Å². The van der Waals surface area contributed by atoms with Crippen molar-refractivity contribution in [2.24, 2.45) is 0 Å². The van der Waals surface area contributed by atoms with Crippen LogP contribution in [-0.4, -0.2) is 17.3 Å². The van der Waals surface area contributed by atoms with Crippen molar-refractivity contribution in [2.45, 2.75) is 0 Å². The van der Waals surface area contributed by atoms with Crippen molar-refractivity contribution in [3.63, 3.8) is 0 Å². The smallest absolute Gasteiger partial charge is 0.194 e. The Hall–Kier alpha value is -5.67. The average Bonchev–Trinajstić information content (AvgIpc) is 3.08. The van der Waals surface area contributed by atoms with E-state index < -0.39 is 0 Å². The molecule has 200 valence electrons. The standard InChI is InChI=1S/C39H26O3/c40-37(28-17-7-2-8-18-28)33-25-26-34(38(41)29-19-9-3-10-20-29)36(39(42)30-21-11-4-12-22-30)35(33)32-24-14-13-23-31(32)27-15-5-1-6-16-27/h1-26H. The van der Waals surface area contributed by atoms with Gasteiger partial charge in [0.2, 0.25) is 0 Å². The second-order valence-corrected chi connectivity index (χ2v) is 9.91. The van der Waals surface area contributed by atoms with E-state index in [4.69, 9.17) is 0 Å². The molecular weight excluding hydrogens is 516 g/mol. The molecule has 0 aliphatic rings. The summed E-state index contributed by atoms with van der Waals surface area (Å²) < 4.78 is 0. The molecule has 0 heterocycles. The molecule has 6 aromatic rings. The van der Waals surface area contributed by atoms with Gasteiger partial charge in [-0.25, -0.2) is 0 Å². The van der Waals surface area contributed by atoms with Gasteiger partial charge in [0.15, 0.2) is 17.3 Å². The summed E-state index contributed by atoms with van der Waals surface area (Å²) in [6.45, 7) is 0. The Balaban J connectivity index is 1.72. The van der Waals surface area contributed by atoms with Crippen LogP contribution in [0.25, 0.3) is 22.3 Å². The first-order valence-electron chi connectivity index (χ1n) is 13.7. The van der Waals surface area contributed by atoms with Gasteiger partial charge < -0.3 is 0 Å². The van der Waals surface area contributed by atoms with E-state index in [2.05, 4.69) is 0 Å². The second kappa shape index (κ2) is 11.8. The number of benzene rings is 6. The third-order valence-electron chi connectivity index (χ3n) is 7.31. The monoisotopic (exact) mass is 542 g/mol. The predicted octanol–water partition coefficient (Wildman–Crippen LogP) is 8.71. The number of hydrogen-bond donors (Lipinski definition) is 0. The number of carbonyl (C=O) groups is 3. The van der Waals surface area contributed by atoms with Crippen molar-refractivity contribution in [1.29, 1.82) is 0 Å². The van der Waals surface area contributed by atoms with Gasteiger partial charge in [0, 0.05) is 38.9 Å². The summed E-state index contributed by atoms with van der Waals surface area (Å²) in [5.41, 5.74) is 5.13. The Morgan fingerprint density at radius 2 is 0.714 bits per heavy atom. The molecule has 0 aliphatic heterocycles. The van der Waals surface area contributed by atoms with E-state index in [1.807, 2.05) is 84.9 Å². The molecule has 0 bridgehead atoms. The van der Waals surface area contributed by atoms with E-state index in [1.165, 1.54) is 0 Å². The molecule has 42 heavy (non-hydrogen) atoms. The molecule has 0 spiro atoms. The van der Waals surface area contributed by atoms with Gasteiger partial charge in [0.1, 0.15) is 0 Å². The molecule has 0 aliphatic carbocycles. The molecule has 3 heteroatoms. The lowest BCUT2D eigenvalue weighted by Gasteiger charge is -2.20. The van der Waals surface area contributed by atoms with Crippen LogP contribution in [0.1, 0.15) is 47.8 Å². The highest BCUT2D eigenvalue weighted by molar-refractivity contribution is 6.26. The van der Waals surface area contributed by atoms with Crippen LogP contribution in [0.3, 0.4) is 0 Å². The fourth-order valence-corrected chi connectivity index (χ4v) is 5.29. The maximum atomic E-state index is 14.5. The van der Waals surface area contributed by atoms with Crippen molar-refractivity contribution >= 4 is 17.3 Å². The molecule has 0 fully saturated rings. The summed E-state index contributed by atoms with van der Waals surface area (Å²) in [7, 11) is 0. The van der Waals surface area contributed by atoms with Crippen molar-refractivity contribution in [2.75, 3.05) is 0 Å². The largest absolute Gasteiger partial charge is 0.289 e. The van der Waals surface area contributed by atoms with Gasteiger partial charge in [-0.2, -0.15) is 0 Å². The Bertz CT molecular complexity index is 1890. The zero-order chi connectivity index (χ0) is 28.9. The quantitative estimate of drug-likeness (QED) is 0.181. The lowest BCUT2D eigenvalue weighted by Crippen LogP contribution is -2.16. The van der Waals surface area contributed by atoms with Crippen LogP contribution < -0.4 is 0 Å². The normalized spacial score (nSPS) is 10.7. The van der Waals surface area contributed by atoms with Crippen molar-refractivity contribution < 1.29 is 14.4 Å². The fourth-order valence-electron chi connectivity index (χ4n) is 5.29. The third-order valence-corrected chi connectivity index (χ3v) is 7.31. The minimum atomic E-state index is -0.324. The maximum Gasteiger partial charge on any atom is 0.194 e. The summed E-state index contributed by atoms with van der Waals surface area (Å²) in [5, 5.41) is 0. The summed E-state index contributed by atoms with van der Waals surface area (Å²) >= 11 is 0. The Morgan fingerprint density at radius 3 is 1.24 bits per heavy atom. The van der Waals surface area contributed by atoms with Crippen LogP contribution >= 0.6 is 0 Å². The molecular formula is C39H26O3. The lowest BCUT2D eigenvalue weighted by molar-refractivity contribution is 0.100. The topological polar surface area (TPSA) is 51.2 Å². The van der Waals surface area contributed by atoms with Gasteiger partial charge in [-0.05, 0) is 28.8 Å². The number of ketones is 3. The first-order valence-corrected chi connectivity index (χ1v) is 13.7. The van der Waals surface area contributed by atoms with Crippen LogP contribution in [0.4, 0.5) is 0 Å². The molecule has 6 aromatic carbocycles. The van der Waals surface area contributed by atoms with Crippen molar-refractivity contribution in [1.82, 2.24) is 0 Å². The predicted molar refractivity (Wildman–Crippen MR) is 167 cm³/mol. The van der Waals surface area contributed by atoms with Gasteiger partial charge in [-0.1, -0.05) is 146 Å². The summed E-state index contributed by atoms with van der Waals surface area (Å²) in [5.74, 6) is -0.836. The average molecular weight is 543 g/mol. The van der Waals surface area contributed by atoms with E-state index in [0.29, 0.717) is 33.4 Å². The molecule has 0 saturated carbocycles. The Kier molecular flexibility index (Phi) is 7.48. The zero-order valence-corrected chi connectivity index (χ0v) is 22.7. The number of rotatable bonds is 8. The minimum Gasteiger partial charge on any atom is -0.289 e. The van der Waals surface area contributed by atoms with Crippen molar-refractivity contribution in [3.8, 4) is 22.3 Å². The van der Waals surface area contributed by atoms with Gasteiger partial charge in [-0.15, -0.1) is 0 Å². The van der Waals surface area contributed by atoms with Crippen LogP contribution in [0.2, 0.25) is 0 Å². The molecule has 0 aromatic heterocycles. The van der Waals surface area contributed by atoms with Gasteiger partial charge >= 0.3 is 0 Å². The second-order valence-electron chi connectivity index (χ2n) is 9.91. The Morgan fingerprint density at radius 1 is 0.333 bits per heavy atom. The van der Waals surface area contributed by atoms with Crippen LogP contribution in [0.15, 0.2) is 158 Å². The van der Waals surface area contributed by atoms with E-state index in [1.54, 1.807) is 72.8 Å². The molecule has 0 N–H and O–H groups in total. The molecule has 0 saturated heterocycles. The van der Waals surface area contributed by atoms with E-state index >= 15 is 0 Å². The molecule has 3 nitrogen and oxygen atoms in total. The number of carbonyl (C=O) groups excluding carboxylic acids is 3. The highest BCUT2D eigenvalue weighted by atomic mass is 16.1. The minimum absolute atomic E-state index is 0.209. The first-order chi connectivity index (χ1) is 20.6. The Labute approximate surface area is 244 Å². The third kappa shape index (κ3) is 5.12. The summed E-state index contributed by atoms with van der Waals surface area (Å²) in [6.07, 6.45) is 0. The van der Waals surface area contributed by atoms with Crippen LogP contribution in [0.5, 0.6) is 0 Å². The van der Waals surface area contributed by atoms with Crippen LogP contribution in [-0.2, 0) is 0 Å². The first kappa shape index (κ1) is 26.5. The van der Waals surface area contributed by atoms with Crippen LogP contribution in [0, 0.1) is 0 Å². The van der Waals surface area contributed by atoms with E-state index in [-0.39, 0.29) is 28.5 Å².